The molecule has 0 saturated carbocycles. The van der Waals surface area contributed by atoms with Crippen molar-refractivity contribution in [3.8, 4) is 11.8 Å². The molecule has 0 aliphatic rings. The van der Waals surface area contributed by atoms with Gasteiger partial charge in [-0.05, 0) is 37.1 Å². The molecule has 1 aromatic heterocycles. The Morgan fingerprint density at radius 3 is 2.71 bits per heavy atom. The summed E-state index contributed by atoms with van der Waals surface area (Å²) in [5.41, 5.74) is 3.32. The highest BCUT2D eigenvalue weighted by molar-refractivity contribution is 5.57. The molecule has 0 saturated heterocycles. The van der Waals surface area contributed by atoms with E-state index in [1.165, 1.54) is 0 Å². The smallest absolute Gasteiger partial charge is 0.169 e. The minimum atomic E-state index is 0.577. The molecule has 0 radical (unpaired) electrons. The van der Waals surface area contributed by atoms with Gasteiger partial charge in [0.05, 0.1) is 12.8 Å². The second-order valence-corrected chi connectivity index (χ2v) is 4.93. The van der Waals surface area contributed by atoms with E-state index in [1.807, 2.05) is 50.1 Å². The minimum absolute atomic E-state index is 0.577. The number of benzene rings is 1. The van der Waals surface area contributed by atoms with Crippen LogP contribution in [0.3, 0.4) is 0 Å². The van der Waals surface area contributed by atoms with E-state index in [-0.39, 0.29) is 0 Å². The van der Waals surface area contributed by atoms with Crippen molar-refractivity contribution in [3.05, 3.63) is 46.6 Å². The fourth-order valence-corrected chi connectivity index (χ4v) is 2.12. The molecule has 1 aromatic carbocycles. The molecule has 0 N–H and O–H groups in total. The third kappa shape index (κ3) is 3.11. The number of nitriles is 1. The van der Waals surface area contributed by atoms with Gasteiger partial charge in [-0.1, -0.05) is 12.1 Å². The standard InChI is InChI=1S/C16H18N4O/c1-11-12(2)18-19-16(15(11)9-17)20(3)10-13-6-5-7-14(8-13)21-4/h5-8H,10H2,1-4H3. The number of anilines is 1. The maximum absolute atomic E-state index is 9.36. The summed E-state index contributed by atoms with van der Waals surface area (Å²) in [6.45, 7) is 4.38. The van der Waals surface area contributed by atoms with Gasteiger partial charge in [-0.25, -0.2) is 0 Å². The lowest BCUT2D eigenvalue weighted by Crippen LogP contribution is -2.20. The van der Waals surface area contributed by atoms with Crippen LogP contribution in [0.15, 0.2) is 24.3 Å². The van der Waals surface area contributed by atoms with Crippen LogP contribution in [-0.4, -0.2) is 24.4 Å². The molecule has 5 heteroatoms. The third-order valence-electron chi connectivity index (χ3n) is 3.46. The fraction of sp³-hybridized carbons (Fsp3) is 0.312. The van der Waals surface area contributed by atoms with Crippen molar-refractivity contribution in [3.63, 3.8) is 0 Å². The quantitative estimate of drug-likeness (QED) is 0.862. The van der Waals surface area contributed by atoms with Gasteiger partial charge in [-0.3, -0.25) is 0 Å². The van der Waals surface area contributed by atoms with Crippen LogP contribution in [0.4, 0.5) is 5.82 Å². The molecule has 0 fully saturated rings. The largest absolute Gasteiger partial charge is 0.497 e. The fourth-order valence-electron chi connectivity index (χ4n) is 2.12. The van der Waals surface area contributed by atoms with Crippen LogP contribution in [0.1, 0.15) is 22.4 Å². The number of nitrogens with zero attached hydrogens (tertiary/aromatic N) is 4. The molecule has 0 aliphatic heterocycles. The third-order valence-corrected chi connectivity index (χ3v) is 3.46. The Kier molecular flexibility index (Phi) is 4.39. The van der Waals surface area contributed by atoms with E-state index in [9.17, 15) is 5.26 Å². The summed E-state index contributed by atoms with van der Waals surface area (Å²) in [5.74, 6) is 1.41. The summed E-state index contributed by atoms with van der Waals surface area (Å²) in [6.07, 6.45) is 0. The first kappa shape index (κ1) is 14.8. The molecule has 1 heterocycles. The zero-order valence-electron chi connectivity index (χ0n) is 12.7. The summed E-state index contributed by atoms with van der Waals surface area (Å²) >= 11 is 0. The SMILES string of the molecule is COc1cccc(CN(C)c2nnc(C)c(C)c2C#N)c1. The van der Waals surface area contributed by atoms with Crippen LogP contribution in [0, 0.1) is 25.2 Å². The molecule has 0 amide bonds. The Morgan fingerprint density at radius 2 is 2.05 bits per heavy atom. The molecule has 2 aromatic rings. The van der Waals surface area contributed by atoms with Crippen molar-refractivity contribution >= 4 is 5.82 Å². The van der Waals surface area contributed by atoms with Crippen LogP contribution in [0.2, 0.25) is 0 Å². The molecule has 0 spiro atoms. The first-order chi connectivity index (χ1) is 10.1. The molecule has 0 unspecified atom stereocenters. The highest BCUT2D eigenvalue weighted by atomic mass is 16.5. The summed E-state index contributed by atoms with van der Waals surface area (Å²) in [5, 5.41) is 17.6. The second-order valence-electron chi connectivity index (χ2n) is 4.93. The molecule has 0 atom stereocenters. The van der Waals surface area contributed by atoms with Crippen LogP contribution in [-0.2, 0) is 6.54 Å². The molecule has 108 valence electrons. The van der Waals surface area contributed by atoms with Crippen LogP contribution < -0.4 is 9.64 Å². The van der Waals surface area contributed by atoms with Crippen molar-refractivity contribution in [2.24, 2.45) is 0 Å². The summed E-state index contributed by atoms with van der Waals surface area (Å²) in [4.78, 5) is 1.92. The molecule has 5 nitrogen and oxygen atoms in total. The number of hydrogen-bond acceptors (Lipinski definition) is 5. The number of methoxy groups -OCH3 is 1. The minimum Gasteiger partial charge on any atom is -0.497 e. The zero-order chi connectivity index (χ0) is 15.4. The van der Waals surface area contributed by atoms with E-state index in [1.54, 1.807) is 7.11 Å². The van der Waals surface area contributed by atoms with Gasteiger partial charge in [0, 0.05) is 13.6 Å². The molecular formula is C16H18N4O. The Balaban J connectivity index is 2.30. The van der Waals surface area contributed by atoms with Crippen molar-refractivity contribution in [1.82, 2.24) is 10.2 Å². The van der Waals surface area contributed by atoms with E-state index < -0.39 is 0 Å². The number of ether oxygens (including phenoxy) is 1. The lowest BCUT2D eigenvalue weighted by atomic mass is 10.1. The van der Waals surface area contributed by atoms with Crippen molar-refractivity contribution in [2.45, 2.75) is 20.4 Å². The first-order valence-corrected chi connectivity index (χ1v) is 6.65. The van der Waals surface area contributed by atoms with Crippen LogP contribution in [0.25, 0.3) is 0 Å². The lowest BCUT2D eigenvalue weighted by molar-refractivity contribution is 0.414. The predicted octanol–water partition coefficient (Wildman–Crippen LogP) is 2.61. The van der Waals surface area contributed by atoms with Crippen molar-refractivity contribution < 1.29 is 4.74 Å². The molecule has 2 rings (SSSR count). The summed E-state index contributed by atoms with van der Waals surface area (Å²) in [7, 11) is 3.55. The predicted molar refractivity (Wildman–Crippen MR) is 81.3 cm³/mol. The van der Waals surface area contributed by atoms with E-state index in [2.05, 4.69) is 16.3 Å². The monoisotopic (exact) mass is 282 g/mol. The Bertz CT molecular complexity index is 691. The highest BCUT2D eigenvalue weighted by Crippen LogP contribution is 2.22. The van der Waals surface area contributed by atoms with E-state index >= 15 is 0 Å². The maximum Gasteiger partial charge on any atom is 0.169 e. The highest BCUT2D eigenvalue weighted by Gasteiger charge is 2.14. The van der Waals surface area contributed by atoms with Gasteiger partial charge in [0.15, 0.2) is 5.82 Å². The number of aromatic nitrogens is 2. The van der Waals surface area contributed by atoms with Gasteiger partial charge in [0.25, 0.3) is 0 Å². The number of hydrogen-bond donors (Lipinski definition) is 0. The lowest BCUT2D eigenvalue weighted by Gasteiger charge is -2.20. The maximum atomic E-state index is 9.36. The zero-order valence-corrected chi connectivity index (χ0v) is 12.7. The Labute approximate surface area is 124 Å². The second kappa shape index (κ2) is 6.23. The average Bonchev–Trinajstić information content (AvgIpc) is 2.49. The van der Waals surface area contributed by atoms with Gasteiger partial charge in [-0.2, -0.15) is 10.4 Å². The van der Waals surface area contributed by atoms with Gasteiger partial charge in [0.1, 0.15) is 17.4 Å². The van der Waals surface area contributed by atoms with Crippen LogP contribution >= 0.6 is 0 Å². The average molecular weight is 282 g/mol. The number of aryl methyl sites for hydroxylation is 1. The van der Waals surface area contributed by atoms with Crippen molar-refractivity contribution in [1.29, 1.82) is 5.26 Å². The molecular weight excluding hydrogens is 264 g/mol. The van der Waals surface area contributed by atoms with Gasteiger partial charge in [0.2, 0.25) is 0 Å². The number of rotatable bonds is 4. The molecule has 21 heavy (non-hydrogen) atoms. The molecule has 0 bridgehead atoms. The topological polar surface area (TPSA) is 62.0 Å². The molecule has 0 aliphatic carbocycles. The Hall–Kier alpha value is -2.61. The summed E-state index contributed by atoms with van der Waals surface area (Å²) < 4.78 is 5.22. The van der Waals surface area contributed by atoms with E-state index in [0.29, 0.717) is 17.9 Å². The van der Waals surface area contributed by atoms with Gasteiger partial charge < -0.3 is 9.64 Å². The van der Waals surface area contributed by atoms with Gasteiger partial charge >= 0.3 is 0 Å². The van der Waals surface area contributed by atoms with E-state index in [0.717, 1.165) is 22.6 Å². The van der Waals surface area contributed by atoms with Gasteiger partial charge in [-0.15, -0.1) is 5.10 Å². The Morgan fingerprint density at radius 1 is 1.29 bits per heavy atom. The normalized spacial score (nSPS) is 10.0. The van der Waals surface area contributed by atoms with Crippen LogP contribution in [0.5, 0.6) is 5.75 Å². The summed E-state index contributed by atoms with van der Waals surface area (Å²) in [6, 6.07) is 10.1. The first-order valence-electron chi connectivity index (χ1n) is 6.65. The van der Waals surface area contributed by atoms with Crippen molar-refractivity contribution in [2.75, 3.05) is 19.1 Å². The van der Waals surface area contributed by atoms with E-state index in [4.69, 9.17) is 4.74 Å².